The fourth-order valence-electron chi connectivity index (χ4n) is 2.71. The number of nitrogens with one attached hydrogen (secondary N) is 1. The summed E-state index contributed by atoms with van der Waals surface area (Å²) in [5, 5.41) is -0.267. The molecule has 0 saturated heterocycles. The molecular formula is C19H12Cl2F3NO4PS+. The van der Waals surface area contributed by atoms with Gasteiger partial charge >= 0.3 is 14.2 Å². The lowest BCUT2D eigenvalue weighted by atomic mass is 10.0. The second-order valence-corrected chi connectivity index (χ2v) is 9.84. The number of sulfonamides is 1. The molecule has 0 aliphatic rings. The van der Waals surface area contributed by atoms with Crippen LogP contribution in [0.2, 0.25) is 10.0 Å². The van der Waals surface area contributed by atoms with E-state index in [2.05, 4.69) is 4.72 Å². The van der Waals surface area contributed by atoms with Gasteiger partial charge in [-0.3, -0.25) is 4.72 Å². The predicted molar refractivity (Wildman–Crippen MR) is 114 cm³/mol. The van der Waals surface area contributed by atoms with Gasteiger partial charge in [0, 0.05) is 10.6 Å². The topological polar surface area (TPSA) is 83.5 Å². The second kappa shape index (κ2) is 8.76. The number of rotatable bonds is 5. The van der Waals surface area contributed by atoms with Crippen LogP contribution in [-0.4, -0.2) is 13.3 Å². The van der Waals surface area contributed by atoms with Gasteiger partial charge in [-0.15, -0.1) is 0 Å². The molecule has 3 aromatic rings. The van der Waals surface area contributed by atoms with E-state index in [1.807, 2.05) is 0 Å². The highest BCUT2D eigenvalue weighted by molar-refractivity contribution is 7.92. The van der Waals surface area contributed by atoms with Crippen molar-refractivity contribution in [1.82, 2.24) is 0 Å². The van der Waals surface area contributed by atoms with Gasteiger partial charge in [-0.05, 0) is 64.7 Å². The predicted octanol–water partition coefficient (Wildman–Crippen LogP) is 5.84. The van der Waals surface area contributed by atoms with Crippen molar-refractivity contribution in [3.05, 3.63) is 76.3 Å². The van der Waals surface area contributed by atoms with Crippen molar-refractivity contribution in [1.29, 1.82) is 0 Å². The Balaban J connectivity index is 2.04. The molecule has 3 rings (SSSR count). The maximum absolute atomic E-state index is 13.1. The summed E-state index contributed by atoms with van der Waals surface area (Å²) in [6, 6.07) is 12.4. The third-order valence-corrected chi connectivity index (χ3v) is 6.85. The maximum atomic E-state index is 13.1. The Labute approximate surface area is 186 Å². The summed E-state index contributed by atoms with van der Waals surface area (Å²) in [6.07, 6.45) is -4.83. The number of anilines is 1. The van der Waals surface area contributed by atoms with E-state index in [1.165, 1.54) is 42.5 Å². The van der Waals surface area contributed by atoms with E-state index in [4.69, 9.17) is 28.1 Å². The number of hydrogen-bond acceptors (Lipinski definition) is 3. The lowest BCUT2D eigenvalue weighted by Crippen LogP contribution is -2.15. The van der Waals surface area contributed by atoms with E-state index in [0.717, 1.165) is 12.1 Å². The van der Waals surface area contributed by atoms with Gasteiger partial charge in [0.05, 0.1) is 21.2 Å². The molecule has 1 atom stereocenters. The minimum Gasteiger partial charge on any atom is -0.279 e. The van der Waals surface area contributed by atoms with Crippen molar-refractivity contribution in [3.63, 3.8) is 0 Å². The summed E-state index contributed by atoms with van der Waals surface area (Å²) >= 11 is 11.5. The van der Waals surface area contributed by atoms with Gasteiger partial charge in [-0.2, -0.15) is 18.1 Å². The van der Waals surface area contributed by atoms with Crippen LogP contribution in [-0.2, 0) is 20.8 Å². The van der Waals surface area contributed by atoms with Crippen LogP contribution in [0.5, 0.6) is 0 Å². The largest absolute Gasteiger partial charge is 0.546 e. The minimum absolute atomic E-state index is 0.0112. The summed E-state index contributed by atoms with van der Waals surface area (Å²) in [4.78, 5) is 8.53. The first-order valence-electron chi connectivity index (χ1n) is 8.34. The zero-order valence-electron chi connectivity index (χ0n) is 15.2. The van der Waals surface area contributed by atoms with Gasteiger partial charge in [-0.1, -0.05) is 29.3 Å². The average molecular weight is 509 g/mol. The molecule has 3 aromatic carbocycles. The number of hydrogen-bond donors (Lipinski definition) is 2. The van der Waals surface area contributed by atoms with Crippen LogP contribution in [0.1, 0.15) is 5.56 Å². The van der Waals surface area contributed by atoms with Crippen LogP contribution in [0.4, 0.5) is 18.9 Å². The molecule has 0 amide bonds. The highest BCUT2D eigenvalue weighted by Crippen LogP contribution is 2.37. The van der Waals surface area contributed by atoms with Crippen LogP contribution < -0.4 is 10.0 Å². The molecule has 0 heterocycles. The fourth-order valence-corrected chi connectivity index (χ4v) is 4.61. The van der Waals surface area contributed by atoms with Crippen molar-refractivity contribution in [2.75, 3.05) is 4.72 Å². The standard InChI is InChI=1S/C19H11Cl2F3NO4PS/c20-12-3-7-15(11-1-4-13(5-2-11)30(26)27)18(9-12)25-31(28,29)14-6-8-17(21)16(10-14)19(22,23)24/h1-10,25H/p+1. The number of alkyl halides is 3. The number of halogens is 5. The summed E-state index contributed by atoms with van der Waals surface area (Å²) in [5.41, 5.74) is -0.422. The first-order valence-corrected chi connectivity index (χ1v) is 11.8. The average Bonchev–Trinajstić information content (AvgIpc) is 2.67. The van der Waals surface area contributed by atoms with E-state index in [-0.39, 0.29) is 16.0 Å². The lowest BCUT2D eigenvalue weighted by molar-refractivity contribution is -0.137. The van der Waals surface area contributed by atoms with Gasteiger partial charge in [0.15, 0.2) is 0 Å². The molecule has 0 radical (unpaired) electrons. The molecule has 0 aromatic heterocycles. The molecule has 0 aliphatic carbocycles. The quantitative estimate of drug-likeness (QED) is 0.424. The Morgan fingerprint density at radius 1 is 0.935 bits per heavy atom. The van der Waals surface area contributed by atoms with Crippen molar-refractivity contribution < 1.29 is 31.0 Å². The minimum atomic E-state index is -4.83. The van der Waals surface area contributed by atoms with Gasteiger partial charge in [0.1, 0.15) is 0 Å². The zero-order chi connectivity index (χ0) is 23.0. The second-order valence-electron chi connectivity index (χ2n) is 6.25. The number of benzene rings is 3. The van der Waals surface area contributed by atoms with Gasteiger partial charge in [-0.25, -0.2) is 8.42 Å². The van der Waals surface area contributed by atoms with E-state index in [0.29, 0.717) is 17.2 Å². The van der Waals surface area contributed by atoms with Crippen molar-refractivity contribution in [2.45, 2.75) is 11.1 Å². The molecule has 0 saturated carbocycles. The van der Waals surface area contributed by atoms with Crippen LogP contribution in [0.15, 0.2) is 65.6 Å². The summed E-state index contributed by atoms with van der Waals surface area (Å²) in [7, 11) is -6.98. The molecular weight excluding hydrogens is 497 g/mol. The highest BCUT2D eigenvalue weighted by atomic mass is 35.5. The summed E-state index contributed by atoms with van der Waals surface area (Å²) in [6.45, 7) is 0. The van der Waals surface area contributed by atoms with E-state index >= 15 is 0 Å². The van der Waals surface area contributed by atoms with E-state index in [9.17, 15) is 26.2 Å². The Bertz CT molecular complexity index is 1270. The molecule has 0 fully saturated rings. The van der Waals surface area contributed by atoms with Crippen LogP contribution in [0, 0.1) is 0 Å². The molecule has 5 nitrogen and oxygen atoms in total. The molecule has 0 aliphatic heterocycles. The third-order valence-electron chi connectivity index (χ3n) is 4.18. The van der Waals surface area contributed by atoms with E-state index in [1.54, 1.807) is 0 Å². The molecule has 31 heavy (non-hydrogen) atoms. The van der Waals surface area contributed by atoms with Crippen molar-refractivity contribution in [2.24, 2.45) is 0 Å². The fraction of sp³-hybridized carbons (Fsp3) is 0.0526. The van der Waals surface area contributed by atoms with Gasteiger partial charge in [0.25, 0.3) is 10.0 Å². The van der Waals surface area contributed by atoms with Crippen LogP contribution in [0.3, 0.4) is 0 Å². The van der Waals surface area contributed by atoms with Crippen molar-refractivity contribution >= 4 is 52.2 Å². The smallest absolute Gasteiger partial charge is 0.279 e. The Kier molecular flexibility index (Phi) is 6.64. The first-order chi connectivity index (χ1) is 14.4. The maximum Gasteiger partial charge on any atom is 0.546 e. The first kappa shape index (κ1) is 23.5. The molecule has 0 bridgehead atoms. The highest BCUT2D eigenvalue weighted by Gasteiger charge is 2.34. The van der Waals surface area contributed by atoms with Crippen molar-refractivity contribution in [3.8, 4) is 11.1 Å². The van der Waals surface area contributed by atoms with Gasteiger partial charge in [0.2, 0.25) is 5.30 Å². The lowest BCUT2D eigenvalue weighted by Gasteiger charge is -2.15. The molecule has 162 valence electrons. The Morgan fingerprint density at radius 3 is 2.16 bits per heavy atom. The van der Waals surface area contributed by atoms with Crippen LogP contribution in [0.25, 0.3) is 11.1 Å². The SMILES string of the molecule is O=[P+](O)c1ccc(-c2ccc(Cl)cc2NS(=O)(=O)c2ccc(Cl)c(C(F)(F)F)c2)cc1. The molecule has 1 unspecified atom stereocenters. The normalized spacial score (nSPS) is 12.5. The Hall–Kier alpha value is -2.16. The monoisotopic (exact) mass is 508 g/mol. The molecule has 0 spiro atoms. The molecule has 12 heteroatoms. The third kappa shape index (κ3) is 5.37. The zero-order valence-corrected chi connectivity index (χ0v) is 18.4. The van der Waals surface area contributed by atoms with Gasteiger partial charge < -0.3 is 0 Å². The van der Waals surface area contributed by atoms with Crippen LogP contribution >= 0.6 is 31.2 Å². The summed E-state index contributed by atoms with van der Waals surface area (Å²) in [5.74, 6) is 0. The summed E-state index contributed by atoms with van der Waals surface area (Å²) < 4.78 is 78.4. The molecule has 2 N–H and O–H groups in total. The Morgan fingerprint density at radius 2 is 1.58 bits per heavy atom. The van der Waals surface area contributed by atoms with E-state index < -0.39 is 39.7 Å².